The molecule has 1 saturated carbocycles. The van der Waals surface area contributed by atoms with Crippen molar-refractivity contribution >= 4 is 26.8 Å². The number of nitrogens with zero attached hydrogens (tertiary/aromatic N) is 1. The van der Waals surface area contributed by atoms with Crippen LogP contribution in [0.15, 0.2) is 59.0 Å². The van der Waals surface area contributed by atoms with Crippen LogP contribution in [0.1, 0.15) is 68.9 Å². The predicted octanol–water partition coefficient (Wildman–Crippen LogP) is 4.05. The number of para-hydroxylation sites is 2. The summed E-state index contributed by atoms with van der Waals surface area (Å²) in [4.78, 5) is 17.4. The molecular formula is C28H37N3O5S. The minimum absolute atomic E-state index is 0.0856. The molecule has 1 heterocycles. The summed E-state index contributed by atoms with van der Waals surface area (Å²) in [6, 6.07) is 15.8. The molecule has 4 rings (SSSR count). The second-order valence-corrected chi connectivity index (χ2v) is 12.0. The minimum atomic E-state index is -3.49. The number of aliphatic hydroxyl groups excluding tert-OH is 1. The van der Waals surface area contributed by atoms with Crippen LogP contribution < -0.4 is 10.6 Å². The van der Waals surface area contributed by atoms with E-state index in [4.69, 9.17) is 4.42 Å². The number of hydrogen-bond acceptors (Lipinski definition) is 7. The molecule has 3 N–H and O–H groups in total. The van der Waals surface area contributed by atoms with Crippen molar-refractivity contribution in [2.45, 2.75) is 75.3 Å². The van der Waals surface area contributed by atoms with Gasteiger partial charge >= 0.3 is 0 Å². The van der Waals surface area contributed by atoms with Crippen LogP contribution in [0.25, 0.3) is 11.1 Å². The van der Waals surface area contributed by atoms with E-state index in [9.17, 15) is 18.3 Å². The van der Waals surface area contributed by atoms with E-state index in [1.807, 2.05) is 42.5 Å². The van der Waals surface area contributed by atoms with Crippen molar-refractivity contribution in [3.8, 4) is 0 Å². The maximum Gasteiger partial charge on any atom is 0.238 e. The number of aliphatic hydroxyl groups is 1. The first-order valence-electron chi connectivity index (χ1n) is 13.2. The Labute approximate surface area is 218 Å². The zero-order chi connectivity index (χ0) is 26.1. The maximum atomic E-state index is 13.1. The molecule has 0 unspecified atom stereocenters. The van der Waals surface area contributed by atoms with Crippen LogP contribution in [0.3, 0.4) is 0 Å². The van der Waals surface area contributed by atoms with Crippen LogP contribution in [0, 0.1) is 0 Å². The topological polar surface area (TPSA) is 122 Å². The van der Waals surface area contributed by atoms with Gasteiger partial charge in [0.25, 0.3) is 0 Å². The van der Waals surface area contributed by atoms with E-state index < -0.39 is 22.0 Å². The van der Waals surface area contributed by atoms with E-state index >= 15 is 0 Å². The van der Waals surface area contributed by atoms with Crippen molar-refractivity contribution in [3.63, 3.8) is 0 Å². The van der Waals surface area contributed by atoms with Crippen molar-refractivity contribution in [2.75, 3.05) is 12.3 Å². The second-order valence-electron chi connectivity index (χ2n) is 9.92. The summed E-state index contributed by atoms with van der Waals surface area (Å²) in [5.74, 6) is -0.314. The Bertz CT molecular complexity index is 1210. The van der Waals surface area contributed by atoms with Gasteiger partial charge in [-0.3, -0.25) is 4.79 Å². The van der Waals surface area contributed by atoms with Crippen molar-refractivity contribution < 1.29 is 22.7 Å². The molecule has 8 nitrogen and oxygen atoms in total. The molecule has 0 saturated heterocycles. The van der Waals surface area contributed by atoms with Crippen LogP contribution in [0.4, 0.5) is 0 Å². The first-order chi connectivity index (χ1) is 17.9. The Balaban J connectivity index is 1.27. The van der Waals surface area contributed by atoms with E-state index in [0.29, 0.717) is 42.8 Å². The number of carbonyl (C=O) groups excluding carboxylic acids is 1. The Morgan fingerprint density at radius 3 is 2.51 bits per heavy atom. The molecule has 1 fully saturated rings. The van der Waals surface area contributed by atoms with Gasteiger partial charge < -0.3 is 20.2 Å². The Morgan fingerprint density at radius 2 is 1.76 bits per heavy atom. The number of amides is 1. The third-order valence-electron chi connectivity index (χ3n) is 6.81. The fourth-order valence-corrected chi connectivity index (χ4v) is 6.42. The highest BCUT2D eigenvalue weighted by Gasteiger charge is 2.28. The second kappa shape index (κ2) is 13.2. The molecule has 1 aliphatic carbocycles. The summed E-state index contributed by atoms with van der Waals surface area (Å²) in [7, 11) is -3.49. The van der Waals surface area contributed by atoms with Gasteiger partial charge in [-0.05, 0) is 49.8 Å². The van der Waals surface area contributed by atoms with Crippen LogP contribution in [-0.2, 0) is 20.4 Å². The number of hydrogen-bond donors (Lipinski definition) is 3. The molecule has 0 spiro atoms. The zero-order valence-electron chi connectivity index (χ0n) is 21.1. The SMILES string of the molecule is O=C(NCCCC[C@H](O)c1nc2ccccc2o1)[C@H](CS(=O)(=O)Cc1ccccc1)NC1CCCCC1. The quantitative estimate of drug-likeness (QED) is 0.287. The van der Waals surface area contributed by atoms with Gasteiger partial charge in [0.15, 0.2) is 15.4 Å². The molecule has 1 amide bonds. The third-order valence-corrected chi connectivity index (χ3v) is 8.42. The predicted molar refractivity (Wildman–Crippen MR) is 144 cm³/mol. The molecule has 3 aromatic rings. The molecule has 37 heavy (non-hydrogen) atoms. The van der Waals surface area contributed by atoms with Gasteiger partial charge in [0, 0.05) is 12.6 Å². The minimum Gasteiger partial charge on any atom is -0.438 e. The number of unbranched alkanes of at least 4 members (excludes halogenated alkanes) is 1. The van der Waals surface area contributed by atoms with Gasteiger partial charge in [-0.2, -0.15) is 0 Å². The summed E-state index contributed by atoms with van der Waals surface area (Å²) in [6.45, 7) is 0.403. The highest BCUT2D eigenvalue weighted by Crippen LogP contribution is 2.23. The fraction of sp³-hybridized carbons (Fsp3) is 0.500. The molecule has 0 aliphatic heterocycles. The summed E-state index contributed by atoms with van der Waals surface area (Å²) in [6.07, 6.45) is 6.22. The molecule has 1 aliphatic rings. The number of carbonyl (C=O) groups is 1. The van der Waals surface area contributed by atoms with Gasteiger partial charge in [-0.1, -0.05) is 61.7 Å². The lowest BCUT2D eigenvalue weighted by molar-refractivity contribution is -0.122. The van der Waals surface area contributed by atoms with Crippen molar-refractivity contribution in [3.05, 3.63) is 66.1 Å². The molecule has 1 aromatic heterocycles. The van der Waals surface area contributed by atoms with Gasteiger partial charge in [-0.25, -0.2) is 13.4 Å². The Kier molecular flexibility index (Phi) is 9.71. The summed E-state index contributed by atoms with van der Waals surface area (Å²) in [5.41, 5.74) is 2.07. The first-order valence-corrected chi connectivity index (χ1v) is 15.0. The maximum absolute atomic E-state index is 13.1. The molecule has 2 aromatic carbocycles. The number of sulfone groups is 1. The van der Waals surface area contributed by atoms with Crippen molar-refractivity contribution in [2.24, 2.45) is 0 Å². The number of rotatable bonds is 13. The van der Waals surface area contributed by atoms with Gasteiger partial charge in [0.2, 0.25) is 11.8 Å². The molecule has 2 atom stereocenters. The fourth-order valence-electron chi connectivity index (χ4n) is 4.85. The lowest BCUT2D eigenvalue weighted by atomic mass is 9.95. The van der Waals surface area contributed by atoms with E-state index in [1.54, 1.807) is 12.1 Å². The number of fused-ring (bicyclic) bond motifs is 1. The Morgan fingerprint density at radius 1 is 1.03 bits per heavy atom. The summed E-state index contributed by atoms with van der Waals surface area (Å²) in [5, 5.41) is 16.7. The van der Waals surface area contributed by atoms with E-state index in [1.165, 1.54) is 6.42 Å². The first kappa shape index (κ1) is 27.3. The number of aromatic nitrogens is 1. The molecule has 0 bridgehead atoms. The Hall–Kier alpha value is -2.75. The van der Waals surface area contributed by atoms with Crippen LogP contribution in [0.2, 0.25) is 0 Å². The largest absolute Gasteiger partial charge is 0.438 e. The smallest absolute Gasteiger partial charge is 0.238 e. The molecule has 0 radical (unpaired) electrons. The number of oxazole rings is 1. The highest BCUT2D eigenvalue weighted by molar-refractivity contribution is 7.90. The van der Waals surface area contributed by atoms with Gasteiger partial charge in [-0.15, -0.1) is 0 Å². The van der Waals surface area contributed by atoms with Crippen molar-refractivity contribution in [1.82, 2.24) is 15.6 Å². The van der Waals surface area contributed by atoms with Crippen LogP contribution in [-0.4, -0.2) is 48.8 Å². The summed E-state index contributed by atoms with van der Waals surface area (Å²) < 4.78 is 31.5. The standard InChI is InChI=1S/C28H37N3O5S/c32-25(28-31-23-15-7-8-17-26(23)36-28)16-9-10-18-29-27(33)24(30-22-13-5-2-6-14-22)20-37(34,35)19-21-11-3-1-4-12-21/h1,3-4,7-8,11-12,15,17,22,24-25,30,32H,2,5-6,9-10,13-14,16,18-20H2,(H,29,33)/t24-,25-/m0/s1. The van der Waals surface area contributed by atoms with Crippen LogP contribution in [0.5, 0.6) is 0 Å². The zero-order valence-corrected chi connectivity index (χ0v) is 22.0. The third kappa shape index (κ3) is 8.38. The number of nitrogens with one attached hydrogen (secondary N) is 2. The molecule has 9 heteroatoms. The molecular weight excluding hydrogens is 490 g/mol. The summed E-state index contributed by atoms with van der Waals surface area (Å²) >= 11 is 0. The number of benzene rings is 2. The van der Waals surface area contributed by atoms with Crippen LogP contribution >= 0.6 is 0 Å². The van der Waals surface area contributed by atoms with E-state index in [0.717, 1.165) is 31.2 Å². The highest BCUT2D eigenvalue weighted by atomic mass is 32.2. The van der Waals surface area contributed by atoms with Gasteiger partial charge in [0.1, 0.15) is 17.7 Å². The lowest BCUT2D eigenvalue weighted by Crippen LogP contribution is -2.52. The van der Waals surface area contributed by atoms with E-state index in [-0.39, 0.29) is 23.5 Å². The molecule has 200 valence electrons. The average molecular weight is 528 g/mol. The van der Waals surface area contributed by atoms with Crippen molar-refractivity contribution in [1.29, 1.82) is 0 Å². The monoisotopic (exact) mass is 527 g/mol. The normalized spacial score (nSPS) is 16.5. The average Bonchev–Trinajstić information content (AvgIpc) is 3.33. The van der Waals surface area contributed by atoms with Gasteiger partial charge in [0.05, 0.1) is 11.5 Å². The van der Waals surface area contributed by atoms with E-state index in [2.05, 4.69) is 15.6 Å². The lowest BCUT2D eigenvalue weighted by Gasteiger charge is -2.28.